The van der Waals surface area contributed by atoms with Gasteiger partial charge in [-0.15, -0.1) is 0 Å². The van der Waals surface area contributed by atoms with Crippen LogP contribution in [0, 0.1) is 0 Å². The summed E-state index contributed by atoms with van der Waals surface area (Å²) in [6, 6.07) is 9.90. The zero-order valence-corrected chi connectivity index (χ0v) is 9.99. The van der Waals surface area contributed by atoms with Crippen molar-refractivity contribution in [1.82, 2.24) is 4.48 Å². The van der Waals surface area contributed by atoms with E-state index in [1.807, 2.05) is 44.4 Å². The lowest BCUT2D eigenvalue weighted by Crippen LogP contribution is -3.00. The van der Waals surface area contributed by atoms with Gasteiger partial charge in [-0.3, -0.25) is 4.48 Å². The van der Waals surface area contributed by atoms with Gasteiger partial charge in [0.25, 0.3) is 0 Å². The molecule has 0 unspecified atom stereocenters. The Bertz CT molecular complexity index is 312. The van der Waals surface area contributed by atoms with E-state index in [-0.39, 0.29) is 18.4 Å². The first-order valence-corrected chi connectivity index (χ1v) is 4.51. The molecule has 0 bridgehead atoms. The Balaban J connectivity index is 0.00000196. The molecule has 0 spiro atoms. The number of hydrogen-bond donors (Lipinski definition) is 0. The van der Waals surface area contributed by atoms with E-state index in [2.05, 4.69) is 4.74 Å². The van der Waals surface area contributed by atoms with Crippen molar-refractivity contribution in [3.63, 3.8) is 0 Å². The van der Waals surface area contributed by atoms with Gasteiger partial charge in [0, 0.05) is 0 Å². The van der Waals surface area contributed by atoms with Crippen molar-refractivity contribution in [1.29, 1.82) is 0 Å². The highest BCUT2D eigenvalue weighted by Gasteiger charge is 2.22. The maximum absolute atomic E-state index is 11.2. The van der Waals surface area contributed by atoms with E-state index < -0.39 is 0 Å². The summed E-state index contributed by atoms with van der Waals surface area (Å²) in [6.45, 7) is 0.348. The van der Waals surface area contributed by atoms with Gasteiger partial charge in [0.2, 0.25) is 0 Å². The fourth-order valence-corrected chi connectivity index (χ4v) is 1.31. The predicted molar refractivity (Wildman–Crippen MR) is 57.0 cm³/mol. The molecule has 1 aromatic carbocycles. The minimum atomic E-state index is -0.196. The molecule has 0 saturated heterocycles. The van der Waals surface area contributed by atoms with Crippen molar-refractivity contribution in [3.05, 3.63) is 30.3 Å². The van der Waals surface area contributed by atoms with E-state index in [0.717, 1.165) is 5.69 Å². The molecular formula is C11H16ClNO2. The minimum absolute atomic E-state index is 0. The van der Waals surface area contributed by atoms with E-state index in [0.29, 0.717) is 11.0 Å². The summed E-state index contributed by atoms with van der Waals surface area (Å²) in [4.78, 5) is 11.2. The van der Waals surface area contributed by atoms with Crippen molar-refractivity contribution in [2.75, 3.05) is 27.7 Å². The molecule has 3 nitrogen and oxygen atoms in total. The van der Waals surface area contributed by atoms with Crippen LogP contribution in [0.5, 0.6) is 0 Å². The number of likely N-dealkylation sites (N-methyl/N-ethyl adjacent to an activating group) is 1. The standard InChI is InChI=1S/C11H16NO2.ClH/c1-12(2,9-11(13)14-3)10-7-5-4-6-8-10;/h4-8H,9H2,1-3H3;1H/q+1;/p-1. The van der Waals surface area contributed by atoms with Crippen LogP contribution in [-0.2, 0) is 9.53 Å². The molecule has 0 aliphatic rings. The number of hydrogen-bond acceptors (Lipinski definition) is 2. The van der Waals surface area contributed by atoms with E-state index in [4.69, 9.17) is 0 Å². The Labute approximate surface area is 96.7 Å². The second-order valence-corrected chi connectivity index (χ2v) is 3.75. The zero-order valence-electron chi connectivity index (χ0n) is 9.24. The number of esters is 1. The summed E-state index contributed by atoms with van der Waals surface area (Å²) in [7, 11) is 5.37. The number of ether oxygens (including phenoxy) is 1. The highest BCUT2D eigenvalue weighted by atomic mass is 35.5. The summed E-state index contributed by atoms with van der Waals surface area (Å²) >= 11 is 0. The third-order valence-electron chi connectivity index (χ3n) is 2.21. The molecular weight excluding hydrogens is 214 g/mol. The van der Waals surface area contributed by atoms with Gasteiger partial charge in [-0.25, -0.2) is 4.79 Å². The molecule has 84 valence electrons. The average molecular weight is 230 g/mol. The smallest absolute Gasteiger partial charge is 0.361 e. The molecule has 0 N–H and O–H groups in total. The van der Waals surface area contributed by atoms with E-state index >= 15 is 0 Å². The van der Waals surface area contributed by atoms with Gasteiger partial charge in [0.15, 0.2) is 6.54 Å². The van der Waals surface area contributed by atoms with Crippen LogP contribution >= 0.6 is 0 Å². The third-order valence-corrected chi connectivity index (χ3v) is 2.21. The van der Waals surface area contributed by atoms with Gasteiger partial charge in [-0.2, -0.15) is 0 Å². The van der Waals surface area contributed by atoms with Gasteiger partial charge in [0.05, 0.1) is 21.2 Å². The van der Waals surface area contributed by atoms with Crippen LogP contribution in [0.1, 0.15) is 0 Å². The first kappa shape index (κ1) is 13.9. The first-order valence-electron chi connectivity index (χ1n) is 4.51. The Morgan fingerprint density at radius 1 is 1.27 bits per heavy atom. The van der Waals surface area contributed by atoms with Crippen molar-refractivity contribution in [2.24, 2.45) is 0 Å². The number of rotatable bonds is 3. The number of quaternary nitrogens is 1. The average Bonchev–Trinajstić information content (AvgIpc) is 2.18. The SMILES string of the molecule is COC(=O)C[N+](C)(C)c1ccccc1.[Cl-]. The van der Waals surface area contributed by atoms with Crippen molar-refractivity contribution >= 4 is 11.7 Å². The van der Waals surface area contributed by atoms with Crippen LogP contribution in [0.3, 0.4) is 0 Å². The van der Waals surface area contributed by atoms with Crippen molar-refractivity contribution in [3.8, 4) is 0 Å². The van der Waals surface area contributed by atoms with Crippen LogP contribution in [0.15, 0.2) is 30.3 Å². The predicted octanol–water partition coefficient (Wildman–Crippen LogP) is -1.57. The highest BCUT2D eigenvalue weighted by molar-refractivity contribution is 5.74. The Morgan fingerprint density at radius 3 is 2.27 bits per heavy atom. The summed E-state index contributed by atoms with van der Waals surface area (Å²) in [5, 5.41) is 0. The quantitative estimate of drug-likeness (QED) is 0.463. The summed E-state index contributed by atoms with van der Waals surface area (Å²) in [5.41, 5.74) is 1.10. The maximum Gasteiger partial charge on any atom is 0.361 e. The van der Waals surface area contributed by atoms with Gasteiger partial charge >= 0.3 is 5.97 Å². The summed E-state index contributed by atoms with van der Waals surface area (Å²) in [5.74, 6) is -0.196. The van der Waals surface area contributed by atoms with Crippen LogP contribution in [0.4, 0.5) is 5.69 Å². The lowest BCUT2D eigenvalue weighted by Gasteiger charge is -2.27. The molecule has 0 aromatic heterocycles. The lowest BCUT2D eigenvalue weighted by atomic mass is 10.2. The molecule has 0 amide bonds. The molecule has 0 aliphatic carbocycles. The number of methoxy groups -OCH3 is 1. The number of carbonyl (C=O) groups is 1. The topological polar surface area (TPSA) is 26.3 Å². The second-order valence-electron chi connectivity index (χ2n) is 3.75. The fourth-order valence-electron chi connectivity index (χ4n) is 1.31. The van der Waals surface area contributed by atoms with E-state index in [1.54, 1.807) is 0 Å². The molecule has 1 rings (SSSR count). The van der Waals surface area contributed by atoms with Crippen LogP contribution in [0.25, 0.3) is 0 Å². The van der Waals surface area contributed by atoms with Gasteiger partial charge in [-0.05, 0) is 12.1 Å². The molecule has 0 aliphatic heterocycles. The molecule has 4 heteroatoms. The summed E-state index contributed by atoms with van der Waals surface area (Å²) < 4.78 is 5.16. The summed E-state index contributed by atoms with van der Waals surface area (Å²) in [6.07, 6.45) is 0. The van der Waals surface area contributed by atoms with Gasteiger partial charge in [0.1, 0.15) is 5.69 Å². The molecule has 0 heterocycles. The monoisotopic (exact) mass is 229 g/mol. The lowest BCUT2D eigenvalue weighted by molar-refractivity contribution is -0.141. The molecule has 0 radical (unpaired) electrons. The fraction of sp³-hybridized carbons (Fsp3) is 0.364. The maximum atomic E-state index is 11.2. The number of para-hydroxylation sites is 1. The number of nitrogens with zero attached hydrogens (tertiary/aromatic N) is 1. The Hall–Kier alpha value is -1.06. The molecule has 1 aromatic rings. The van der Waals surface area contributed by atoms with E-state index in [9.17, 15) is 4.79 Å². The largest absolute Gasteiger partial charge is 1.00 e. The number of halogens is 1. The Kier molecular flexibility index (Phi) is 5.33. The third kappa shape index (κ3) is 3.90. The molecule has 15 heavy (non-hydrogen) atoms. The molecule has 0 atom stereocenters. The molecule has 0 fully saturated rings. The normalized spacial score (nSPS) is 10.3. The first-order chi connectivity index (χ1) is 6.56. The highest BCUT2D eigenvalue weighted by Crippen LogP contribution is 2.17. The zero-order chi connectivity index (χ0) is 10.6. The van der Waals surface area contributed by atoms with Gasteiger partial charge < -0.3 is 17.1 Å². The van der Waals surface area contributed by atoms with Crippen LogP contribution in [0.2, 0.25) is 0 Å². The van der Waals surface area contributed by atoms with Crippen LogP contribution in [-0.4, -0.2) is 33.7 Å². The van der Waals surface area contributed by atoms with Crippen molar-refractivity contribution in [2.45, 2.75) is 0 Å². The number of benzene rings is 1. The minimum Gasteiger partial charge on any atom is -1.00 e. The second kappa shape index (κ2) is 5.73. The van der Waals surface area contributed by atoms with E-state index in [1.165, 1.54) is 7.11 Å². The van der Waals surface area contributed by atoms with Crippen molar-refractivity contribution < 1.29 is 21.9 Å². The number of carbonyl (C=O) groups excluding carboxylic acids is 1. The molecule has 0 saturated carbocycles. The van der Waals surface area contributed by atoms with Gasteiger partial charge in [-0.1, -0.05) is 18.2 Å². The Morgan fingerprint density at radius 2 is 1.80 bits per heavy atom. The van der Waals surface area contributed by atoms with Crippen LogP contribution < -0.4 is 16.9 Å².